The number of rotatable bonds is 4. The van der Waals surface area contributed by atoms with E-state index in [1.165, 1.54) is 42.7 Å². The van der Waals surface area contributed by atoms with Gasteiger partial charge in [0.1, 0.15) is 0 Å². The van der Waals surface area contributed by atoms with E-state index in [1.54, 1.807) is 0 Å². The summed E-state index contributed by atoms with van der Waals surface area (Å²) in [5, 5.41) is 16.5. The zero-order chi connectivity index (χ0) is 14.5. The third-order valence-electron chi connectivity index (χ3n) is 2.65. The topological polar surface area (TPSA) is 84.6 Å². The third-order valence-corrected chi connectivity index (χ3v) is 3.45. The van der Waals surface area contributed by atoms with Crippen molar-refractivity contribution < 1.29 is 9.72 Å². The lowest BCUT2D eigenvalue weighted by Gasteiger charge is -2.04. The van der Waals surface area contributed by atoms with Crippen molar-refractivity contribution in [2.75, 3.05) is 0 Å². The van der Waals surface area contributed by atoms with Crippen molar-refractivity contribution in [2.45, 2.75) is 6.92 Å². The van der Waals surface area contributed by atoms with E-state index in [-0.39, 0.29) is 11.3 Å². The van der Waals surface area contributed by atoms with E-state index in [0.717, 1.165) is 4.88 Å². The van der Waals surface area contributed by atoms with Gasteiger partial charge in [-0.25, -0.2) is 5.43 Å². The third kappa shape index (κ3) is 3.07. The van der Waals surface area contributed by atoms with Gasteiger partial charge in [0.05, 0.1) is 16.7 Å². The maximum absolute atomic E-state index is 11.9. The Morgan fingerprint density at radius 1 is 1.40 bits per heavy atom. The van der Waals surface area contributed by atoms with E-state index >= 15 is 0 Å². The number of nitro benzene ring substituents is 1. The fourth-order valence-electron chi connectivity index (χ4n) is 1.65. The maximum Gasteiger partial charge on any atom is 0.273 e. The summed E-state index contributed by atoms with van der Waals surface area (Å²) < 4.78 is 0. The number of nitrogens with one attached hydrogen (secondary N) is 1. The first-order valence-corrected chi connectivity index (χ1v) is 6.58. The summed E-state index contributed by atoms with van der Waals surface area (Å²) in [5.41, 5.74) is 2.83. The van der Waals surface area contributed by atoms with Crippen molar-refractivity contribution in [3.8, 4) is 0 Å². The van der Waals surface area contributed by atoms with Crippen molar-refractivity contribution in [3.05, 3.63) is 61.8 Å². The molecule has 20 heavy (non-hydrogen) atoms. The first-order valence-electron chi connectivity index (χ1n) is 5.70. The molecule has 0 aliphatic heterocycles. The minimum atomic E-state index is -0.513. The summed E-state index contributed by atoms with van der Waals surface area (Å²) in [6.07, 6.45) is 1.52. The molecule has 6 nitrogen and oxygen atoms in total. The number of amides is 1. The lowest BCUT2D eigenvalue weighted by atomic mass is 10.1. The number of benzene rings is 1. The molecule has 0 saturated heterocycles. The molecule has 1 heterocycles. The second-order valence-corrected chi connectivity index (χ2v) is 4.90. The van der Waals surface area contributed by atoms with Crippen LogP contribution in [0.15, 0.2) is 40.8 Å². The van der Waals surface area contributed by atoms with Crippen LogP contribution in [0, 0.1) is 17.0 Å². The Kier molecular flexibility index (Phi) is 4.21. The second kappa shape index (κ2) is 6.07. The van der Waals surface area contributed by atoms with Gasteiger partial charge < -0.3 is 0 Å². The van der Waals surface area contributed by atoms with E-state index in [9.17, 15) is 14.9 Å². The molecule has 0 atom stereocenters. The van der Waals surface area contributed by atoms with Crippen molar-refractivity contribution in [1.82, 2.24) is 5.43 Å². The lowest BCUT2D eigenvalue weighted by molar-refractivity contribution is -0.385. The molecule has 0 radical (unpaired) electrons. The predicted octanol–water partition coefficient (Wildman–Crippen LogP) is 2.73. The summed E-state index contributed by atoms with van der Waals surface area (Å²) in [6.45, 7) is 1.54. The van der Waals surface area contributed by atoms with E-state index in [4.69, 9.17) is 0 Å². The highest BCUT2D eigenvalue weighted by atomic mass is 32.1. The molecule has 0 fully saturated rings. The highest BCUT2D eigenvalue weighted by Crippen LogP contribution is 2.20. The molecule has 2 rings (SSSR count). The summed E-state index contributed by atoms with van der Waals surface area (Å²) in [4.78, 5) is 23.1. The zero-order valence-electron chi connectivity index (χ0n) is 10.6. The molecule has 2 aromatic rings. The highest BCUT2D eigenvalue weighted by molar-refractivity contribution is 7.11. The largest absolute Gasteiger partial charge is 0.273 e. The summed E-state index contributed by atoms with van der Waals surface area (Å²) in [7, 11) is 0. The molecule has 0 unspecified atom stereocenters. The van der Waals surface area contributed by atoms with Crippen LogP contribution in [0.25, 0.3) is 0 Å². The molecule has 1 aromatic heterocycles. The van der Waals surface area contributed by atoms with Gasteiger partial charge in [0, 0.05) is 16.5 Å². The van der Waals surface area contributed by atoms with Gasteiger partial charge in [-0.05, 0) is 24.4 Å². The number of carbonyl (C=O) groups excluding carboxylic acids is 1. The Balaban J connectivity index is 2.13. The zero-order valence-corrected chi connectivity index (χ0v) is 11.4. The van der Waals surface area contributed by atoms with E-state index in [2.05, 4.69) is 10.5 Å². The molecule has 7 heteroatoms. The van der Waals surface area contributed by atoms with Crippen LogP contribution in [0.5, 0.6) is 0 Å². The van der Waals surface area contributed by atoms with E-state index in [0.29, 0.717) is 5.56 Å². The highest BCUT2D eigenvalue weighted by Gasteiger charge is 2.17. The molecule has 0 bridgehead atoms. The van der Waals surface area contributed by atoms with E-state index < -0.39 is 10.8 Å². The van der Waals surface area contributed by atoms with Gasteiger partial charge in [-0.15, -0.1) is 11.3 Å². The number of carbonyl (C=O) groups is 1. The molecule has 1 aromatic carbocycles. The fraction of sp³-hybridized carbons (Fsp3) is 0.0769. The smallest absolute Gasteiger partial charge is 0.267 e. The normalized spacial score (nSPS) is 10.7. The molecule has 0 spiro atoms. The number of thiophene rings is 1. The monoisotopic (exact) mass is 289 g/mol. The summed E-state index contributed by atoms with van der Waals surface area (Å²) >= 11 is 1.49. The Hall–Kier alpha value is -2.54. The summed E-state index contributed by atoms with van der Waals surface area (Å²) in [5.74, 6) is -0.473. The van der Waals surface area contributed by atoms with Gasteiger partial charge >= 0.3 is 0 Å². The summed E-state index contributed by atoms with van der Waals surface area (Å²) in [6, 6.07) is 8.10. The van der Waals surface area contributed by atoms with E-state index in [1.807, 2.05) is 17.5 Å². The van der Waals surface area contributed by atoms with Crippen molar-refractivity contribution in [2.24, 2.45) is 5.10 Å². The van der Waals surface area contributed by atoms with Crippen LogP contribution in [0.3, 0.4) is 0 Å². The van der Waals surface area contributed by atoms with Gasteiger partial charge in [-0.1, -0.05) is 12.1 Å². The first-order chi connectivity index (χ1) is 9.59. The molecule has 0 aliphatic rings. The molecular weight excluding hydrogens is 278 g/mol. The number of hydrazone groups is 1. The average molecular weight is 289 g/mol. The first kappa shape index (κ1) is 13.9. The fourth-order valence-corrected chi connectivity index (χ4v) is 2.23. The van der Waals surface area contributed by atoms with Gasteiger partial charge in [-0.3, -0.25) is 14.9 Å². The van der Waals surface area contributed by atoms with Crippen molar-refractivity contribution >= 4 is 29.1 Å². The maximum atomic E-state index is 11.9. The van der Waals surface area contributed by atoms with Crippen LogP contribution in [0.1, 0.15) is 20.8 Å². The van der Waals surface area contributed by atoms with Crippen LogP contribution in [-0.2, 0) is 0 Å². The lowest BCUT2D eigenvalue weighted by Crippen LogP contribution is -2.19. The van der Waals surface area contributed by atoms with Crippen molar-refractivity contribution in [1.29, 1.82) is 0 Å². The second-order valence-electron chi connectivity index (χ2n) is 3.92. The average Bonchev–Trinajstić information content (AvgIpc) is 2.91. The van der Waals surface area contributed by atoms with Gasteiger partial charge in [0.2, 0.25) is 0 Å². The quantitative estimate of drug-likeness (QED) is 0.533. The SMILES string of the molecule is Cc1c(C(=O)N/N=C/c2cccs2)cccc1[N+](=O)[O-]. The minimum Gasteiger partial charge on any atom is -0.267 e. The Labute approximate surface area is 118 Å². The number of nitro groups is 1. The molecule has 1 amide bonds. The predicted molar refractivity (Wildman–Crippen MR) is 77.2 cm³/mol. The number of nitrogens with zero attached hydrogens (tertiary/aromatic N) is 2. The standard InChI is InChI=1S/C13H11N3O3S/c1-9-11(5-2-6-12(9)16(18)19)13(17)15-14-8-10-4-3-7-20-10/h2-8H,1H3,(H,15,17)/b14-8+. The van der Waals surface area contributed by atoms with Gasteiger partial charge in [0.15, 0.2) is 0 Å². The Morgan fingerprint density at radius 3 is 2.85 bits per heavy atom. The van der Waals surface area contributed by atoms with Crippen LogP contribution in [0.4, 0.5) is 5.69 Å². The number of hydrogen-bond acceptors (Lipinski definition) is 5. The Bertz CT molecular complexity index is 666. The minimum absolute atomic E-state index is 0.0834. The van der Waals surface area contributed by atoms with Gasteiger partial charge in [0.25, 0.3) is 11.6 Å². The van der Waals surface area contributed by atoms with Gasteiger partial charge in [-0.2, -0.15) is 5.10 Å². The Morgan fingerprint density at radius 2 is 2.20 bits per heavy atom. The molecule has 0 saturated carbocycles. The molecule has 1 N–H and O–H groups in total. The molecule has 0 aliphatic carbocycles. The van der Waals surface area contributed by atoms with Crippen LogP contribution in [0.2, 0.25) is 0 Å². The molecular formula is C13H11N3O3S. The molecule has 102 valence electrons. The van der Waals surface area contributed by atoms with Crippen LogP contribution >= 0.6 is 11.3 Å². The van der Waals surface area contributed by atoms with Crippen LogP contribution in [-0.4, -0.2) is 17.0 Å². The van der Waals surface area contributed by atoms with Crippen LogP contribution < -0.4 is 5.43 Å². The van der Waals surface area contributed by atoms with Crippen molar-refractivity contribution in [3.63, 3.8) is 0 Å². The number of hydrogen-bond donors (Lipinski definition) is 1.